The van der Waals surface area contributed by atoms with Gasteiger partial charge in [-0.1, -0.05) is 6.07 Å². The van der Waals surface area contributed by atoms with Crippen molar-refractivity contribution in [2.24, 2.45) is 0 Å². The molecule has 2 aromatic carbocycles. The Morgan fingerprint density at radius 2 is 2.00 bits per heavy atom. The van der Waals surface area contributed by atoms with Crippen molar-refractivity contribution in [3.05, 3.63) is 53.4 Å². The maximum atomic E-state index is 5.81. The Hall–Kier alpha value is -2.20. The number of fused-ring (bicyclic) bond motifs is 1. The monoisotopic (exact) mass is 297 g/mol. The van der Waals surface area contributed by atoms with Crippen LogP contribution in [-0.4, -0.2) is 14.1 Å². The summed E-state index contributed by atoms with van der Waals surface area (Å²) in [5, 5.41) is 6.99. The smallest absolute Gasteiger partial charge is 0.0415 e. The van der Waals surface area contributed by atoms with Gasteiger partial charge in [0.2, 0.25) is 0 Å². The largest absolute Gasteiger partial charge is 0.399 e. The summed E-state index contributed by atoms with van der Waals surface area (Å²) in [4.78, 5) is 2.13. The molecule has 0 atom stereocenters. The molecule has 3 nitrogen and oxygen atoms in total. The van der Waals surface area contributed by atoms with E-state index in [4.69, 9.17) is 5.73 Å². The lowest BCUT2D eigenvalue weighted by molar-refractivity contribution is 1.13. The van der Waals surface area contributed by atoms with Gasteiger partial charge in [0.25, 0.3) is 0 Å². The Bertz CT molecular complexity index is 762. The number of hydrogen-bond acceptors (Lipinski definition) is 4. The summed E-state index contributed by atoms with van der Waals surface area (Å²) in [6.07, 6.45) is 0. The molecule has 1 aromatic heterocycles. The quantitative estimate of drug-likeness (QED) is 0.710. The molecule has 0 aliphatic rings. The van der Waals surface area contributed by atoms with Gasteiger partial charge in [-0.3, -0.25) is 0 Å². The summed E-state index contributed by atoms with van der Waals surface area (Å²) < 4.78 is 1.32. The minimum atomic E-state index is 0.782. The van der Waals surface area contributed by atoms with E-state index < -0.39 is 0 Å². The van der Waals surface area contributed by atoms with Crippen molar-refractivity contribution >= 4 is 38.5 Å². The van der Waals surface area contributed by atoms with Crippen molar-refractivity contribution in [2.75, 3.05) is 30.0 Å². The Balaban J connectivity index is 1.85. The van der Waals surface area contributed by atoms with E-state index in [0.717, 1.165) is 17.9 Å². The van der Waals surface area contributed by atoms with Gasteiger partial charge in [0, 0.05) is 42.4 Å². The van der Waals surface area contributed by atoms with Crippen LogP contribution in [0.3, 0.4) is 0 Å². The molecule has 0 bridgehead atoms. The van der Waals surface area contributed by atoms with Crippen LogP contribution in [0, 0.1) is 0 Å². The highest BCUT2D eigenvalue weighted by atomic mass is 32.1. The first-order valence-corrected chi connectivity index (χ1v) is 7.78. The Kier molecular flexibility index (Phi) is 3.71. The minimum absolute atomic E-state index is 0.782. The zero-order valence-corrected chi connectivity index (χ0v) is 13.1. The van der Waals surface area contributed by atoms with Crippen LogP contribution in [0.2, 0.25) is 0 Å². The van der Waals surface area contributed by atoms with Crippen molar-refractivity contribution < 1.29 is 0 Å². The second kappa shape index (κ2) is 5.66. The standard InChI is InChI=1S/C17H19N3S/c1-20(2)15-6-7-17-16(9-15)12(11-21-17)10-19-14-5-3-4-13(18)8-14/h3-9,11,19H,10,18H2,1-2H3. The van der Waals surface area contributed by atoms with Crippen molar-refractivity contribution in [1.82, 2.24) is 0 Å². The second-order valence-electron chi connectivity index (χ2n) is 5.31. The van der Waals surface area contributed by atoms with Crippen molar-refractivity contribution in [1.29, 1.82) is 0 Å². The number of nitrogens with zero attached hydrogens (tertiary/aromatic N) is 1. The molecule has 21 heavy (non-hydrogen) atoms. The van der Waals surface area contributed by atoms with Gasteiger partial charge in [-0.2, -0.15) is 0 Å². The minimum Gasteiger partial charge on any atom is -0.399 e. The van der Waals surface area contributed by atoms with E-state index >= 15 is 0 Å². The van der Waals surface area contributed by atoms with Crippen LogP contribution in [-0.2, 0) is 6.54 Å². The topological polar surface area (TPSA) is 41.3 Å². The van der Waals surface area contributed by atoms with E-state index in [1.165, 1.54) is 21.3 Å². The Morgan fingerprint density at radius 3 is 2.76 bits per heavy atom. The molecule has 0 aliphatic heterocycles. The number of anilines is 3. The summed E-state index contributed by atoms with van der Waals surface area (Å²) in [6.45, 7) is 0.806. The van der Waals surface area contributed by atoms with Gasteiger partial charge >= 0.3 is 0 Å². The molecule has 4 heteroatoms. The third-order valence-corrected chi connectivity index (χ3v) is 4.54. The number of nitrogens with two attached hydrogens (primary N) is 1. The second-order valence-corrected chi connectivity index (χ2v) is 6.23. The molecule has 0 spiro atoms. The maximum Gasteiger partial charge on any atom is 0.0415 e. The molecular weight excluding hydrogens is 278 g/mol. The fourth-order valence-corrected chi connectivity index (χ4v) is 3.27. The van der Waals surface area contributed by atoms with Crippen LogP contribution < -0.4 is 16.0 Å². The number of thiophene rings is 1. The third-order valence-electron chi connectivity index (χ3n) is 3.52. The van der Waals surface area contributed by atoms with Gasteiger partial charge in [-0.05, 0) is 52.7 Å². The maximum absolute atomic E-state index is 5.81. The molecule has 0 fully saturated rings. The lowest BCUT2D eigenvalue weighted by Gasteiger charge is -2.12. The van der Waals surface area contributed by atoms with E-state index in [1.54, 1.807) is 11.3 Å². The number of rotatable bonds is 4. The lowest BCUT2D eigenvalue weighted by Crippen LogP contribution is -2.08. The van der Waals surface area contributed by atoms with Gasteiger partial charge in [0.05, 0.1) is 0 Å². The van der Waals surface area contributed by atoms with Crippen LogP contribution in [0.4, 0.5) is 17.1 Å². The van der Waals surface area contributed by atoms with E-state index in [9.17, 15) is 0 Å². The predicted octanol–water partition coefficient (Wildman–Crippen LogP) is 4.16. The molecule has 1 heterocycles. The molecule has 3 aromatic rings. The predicted molar refractivity (Wildman–Crippen MR) is 94.3 cm³/mol. The molecule has 0 aliphatic carbocycles. The van der Waals surface area contributed by atoms with Gasteiger partial charge in [-0.25, -0.2) is 0 Å². The molecule has 0 radical (unpaired) electrons. The lowest BCUT2D eigenvalue weighted by atomic mass is 10.1. The first kappa shape index (κ1) is 13.8. The molecule has 3 N–H and O–H groups in total. The van der Waals surface area contributed by atoms with E-state index in [2.05, 4.69) is 47.9 Å². The first-order valence-electron chi connectivity index (χ1n) is 6.90. The van der Waals surface area contributed by atoms with Crippen LogP contribution in [0.5, 0.6) is 0 Å². The normalized spacial score (nSPS) is 10.8. The van der Waals surface area contributed by atoms with E-state index in [1.807, 2.05) is 24.3 Å². The Labute approximate surface area is 129 Å². The first-order chi connectivity index (χ1) is 10.1. The van der Waals surface area contributed by atoms with E-state index in [0.29, 0.717) is 0 Å². The summed E-state index contributed by atoms with van der Waals surface area (Å²) >= 11 is 1.79. The third kappa shape index (κ3) is 2.95. The molecule has 0 saturated heterocycles. The number of nitrogen functional groups attached to an aromatic ring is 1. The summed E-state index contributed by atoms with van der Waals surface area (Å²) in [7, 11) is 4.14. The fourth-order valence-electron chi connectivity index (χ4n) is 2.33. The summed E-state index contributed by atoms with van der Waals surface area (Å²) in [5.41, 5.74) is 10.2. The number of nitrogens with one attached hydrogen (secondary N) is 1. The summed E-state index contributed by atoms with van der Waals surface area (Å²) in [5.74, 6) is 0. The molecule has 0 unspecified atom stereocenters. The highest BCUT2D eigenvalue weighted by molar-refractivity contribution is 7.17. The van der Waals surface area contributed by atoms with Crippen molar-refractivity contribution in [3.8, 4) is 0 Å². The fraction of sp³-hybridized carbons (Fsp3) is 0.176. The average Bonchev–Trinajstić information content (AvgIpc) is 2.87. The molecule has 3 rings (SSSR count). The van der Waals surface area contributed by atoms with Crippen LogP contribution in [0.15, 0.2) is 47.8 Å². The SMILES string of the molecule is CN(C)c1ccc2scc(CNc3cccc(N)c3)c2c1. The highest BCUT2D eigenvalue weighted by Gasteiger charge is 2.06. The highest BCUT2D eigenvalue weighted by Crippen LogP contribution is 2.30. The van der Waals surface area contributed by atoms with Crippen molar-refractivity contribution in [3.63, 3.8) is 0 Å². The molecular formula is C17H19N3S. The van der Waals surface area contributed by atoms with Gasteiger partial charge < -0.3 is 16.0 Å². The molecule has 0 saturated carbocycles. The van der Waals surface area contributed by atoms with Crippen molar-refractivity contribution in [2.45, 2.75) is 6.54 Å². The van der Waals surface area contributed by atoms with Gasteiger partial charge in [-0.15, -0.1) is 11.3 Å². The van der Waals surface area contributed by atoms with Gasteiger partial charge in [0.1, 0.15) is 0 Å². The molecule has 0 amide bonds. The summed E-state index contributed by atoms with van der Waals surface area (Å²) in [6, 6.07) is 14.5. The van der Waals surface area contributed by atoms with Crippen LogP contribution >= 0.6 is 11.3 Å². The molecule has 108 valence electrons. The van der Waals surface area contributed by atoms with E-state index in [-0.39, 0.29) is 0 Å². The Morgan fingerprint density at radius 1 is 1.14 bits per heavy atom. The zero-order chi connectivity index (χ0) is 14.8. The zero-order valence-electron chi connectivity index (χ0n) is 12.3. The van der Waals surface area contributed by atoms with Gasteiger partial charge in [0.15, 0.2) is 0 Å². The average molecular weight is 297 g/mol. The van der Waals surface area contributed by atoms with Crippen LogP contribution in [0.1, 0.15) is 5.56 Å². The number of hydrogen-bond donors (Lipinski definition) is 2. The van der Waals surface area contributed by atoms with Crippen LogP contribution in [0.25, 0.3) is 10.1 Å². The number of benzene rings is 2.